The molecule has 1 aromatic carbocycles. The van der Waals surface area contributed by atoms with Gasteiger partial charge < -0.3 is 14.3 Å². The molecule has 1 atom stereocenters. The van der Waals surface area contributed by atoms with E-state index in [0.717, 1.165) is 4.90 Å². The van der Waals surface area contributed by atoms with Gasteiger partial charge in [-0.2, -0.15) is 4.98 Å². The van der Waals surface area contributed by atoms with Gasteiger partial charge in [-0.1, -0.05) is 17.3 Å². The van der Waals surface area contributed by atoms with Gasteiger partial charge in [0.25, 0.3) is 5.91 Å². The number of hydrogen-bond acceptors (Lipinski definition) is 6. The molecule has 3 aromatic rings. The molecule has 3 amide bonds. The van der Waals surface area contributed by atoms with Crippen LogP contribution in [-0.4, -0.2) is 27.0 Å². The first-order valence-corrected chi connectivity index (χ1v) is 8.15. The lowest BCUT2D eigenvalue weighted by Gasteiger charge is -2.18. The lowest BCUT2D eigenvalue weighted by atomic mass is 9.99. The third-order valence-electron chi connectivity index (χ3n) is 4.48. The SMILES string of the molecule is Cc1ccc(-c2noc(CN3C(=O)NC(C)(c4ccco4)C3=O)n2)cc1F. The van der Waals surface area contributed by atoms with Crippen molar-refractivity contribution in [2.45, 2.75) is 25.9 Å². The first kappa shape index (κ1) is 17.0. The Morgan fingerprint density at radius 3 is 2.81 bits per heavy atom. The van der Waals surface area contributed by atoms with Gasteiger partial charge in [0.15, 0.2) is 5.54 Å². The minimum absolute atomic E-state index is 0.0539. The smallest absolute Gasteiger partial charge is 0.325 e. The zero-order chi connectivity index (χ0) is 19.2. The Morgan fingerprint density at radius 1 is 1.30 bits per heavy atom. The Balaban J connectivity index is 1.56. The average molecular weight is 370 g/mol. The van der Waals surface area contributed by atoms with Gasteiger partial charge in [0.05, 0.1) is 6.26 Å². The van der Waals surface area contributed by atoms with E-state index in [1.807, 2.05) is 0 Å². The van der Waals surface area contributed by atoms with Crippen molar-refractivity contribution in [1.82, 2.24) is 20.4 Å². The van der Waals surface area contributed by atoms with Crippen LogP contribution in [0.1, 0.15) is 24.1 Å². The molecule has 1 aliphatic heterocycles. The highest BCUT2D eigenvalue weighted by Gasteiger charge is 2.51. The molecule has 4 rings (SSSR count). The fourth-order valence-corrected chi connectivity index (χ4v) is 2.87. The second-order valence-corrected chi connectivity index (χ2v) is 6.40. The predicted molar refractivity (Wildman–Crippen MR) is 89.6 cm³/mol. The maximum Gasteiger partial charge on any atom is 0.325 e. The van der Waals surface area contributed by atoms with E-state index in [9.17, 15) is 14.0 Å². The van der Waals surface area contributed by atoms with Gasteiger partial charge in [0, 0.05) is 5.56 Å². The summed E-state index contributed by atoms with van der Waals surface area (Å²) in [5.74, 6) is -0.335. The molecule has 0 bridgehead atoms. The number of amides is 3. The van der Waals surface area contributed by atoms with Gasteiger partial charge in [0.1, 0.15) is 18.1 Å². The van der Waals surface area contributed by atoms with Crippen LogP contribution in [0.15, 0.2) is 45.5 Å². The predicted octanol–water partition coefficient (Wildman–Crippen LogP) is 2.74. The van der Waals surface area contributed by atoms with Crippen LogP contribution in [0.25, 0.3) is 11.4 Å². The van der Waals surface area contributed by atoms with Crippen LogP contribution in [0.5, 0.6) is 0 Å². The molecule has 0 aliphatic carbocycles. The van der Waals surface area contributed by atoms with Crippen molar-refractivity contribution in [2.24, 2.45) is 0 Å². The topological polar surface area (TPSA) is 101 Å². The summed E-state index contributed by atoms with van der Waals surface area (Å²) in [7, 11) is 0. The second kappa shape index (κ2) is 6.04. The molecular weight excluding hydrogens is 355 g/mol. The fourth-order valence-electron chi connectivity index (χ4n) is 2.87. The molecule has 2 aromatic heterocycles. The molecule has 1 fully saturated rings. The van der Waals surface area contributed by atoms with E-state index < -0.39 is 17.5 Å². The van der Waals surface area contributed by atoms with E-state index in [-0.39, 0.29) is 24.1 Å². The van der Waals surface area contributed by atoms with Gasteiger partial charge in [0.2, 0.25) is 11.7 Å². The third-order valence-corrected chi connectivity index (χ3v) is 4.48. The molecule has 0 spiro atoms. The van der Waals surface area contributed by atoms with Crippen LogP contribution >= 0.6 is 0 Å². The number of urea groups is 1. The Hall–Kier alpha value is -3.49. The summed E-state index contributed by atoms with van der Waals surface area (Å²) in [4.78, 5) is 30.1. The van der Waals surface area contributed by atoms with E-state index in [1.54, 1.807) is 38.1 Å². The molecule has 27 heavy (non-hydrogen) atoms. The van der Waals surface area contributed by atoms with Crippen molar-refractivity contribution in [3.05, 3.63) is 59.6 Å². The first-order valence-electron chi connectivity index (χ1n) is 8.15. The molecule has 8 nitrogen and oxygen atoms in total. The maximum absolute atomic E-state index is 13.7. The number of hydrogen-bond donors (Lipinski definition) is 1. The summed E-state index contributed by atoms with van der Waals surface area (Å²) < 4.78 is 24.1. The average Bonchev–Trinajstić information content (AvgIpc) is 3.36. The van der Waals surface area contributed by atoms with Crippen LogP contribution < -0.4 is 5.32 Å². The van der Waals surface area contributed by atoms with Crippen molar-refractivity contribution in [3.8, 4) is 11.4 Å². The molecule has 0 radical (unpaired) electrons. The Morgan fingerprint density at radius 2 is 2.11 bits per heavy atom. The Bertz CT molecular complexity index is 1030. The number of imide groups is 1. The number of carbonyl (C=O) groups excluding carboxylic acids is 2. The number of nitrogens with one attached hydrogen (secondary N) is 1. The van der Waals surface area contributed by atoms with E-state index in [2.05, 4.69) is 15.5 Å². The summed E-state index contributed by atoms with van der Waals surface area (Å²) in [6.45, 7) is 3.00. The van der Waals surface area contributed by atoms with Crippen molar-refractivity contribution in [1.29, 1.82) is 0 Å². The molecule has 9 heteroatoms. The number of furan rings is 1. The number of carbonyl (C=O) groups is 2. The Labute approximate surface area is 153 Å². The number of aromatic nitrogens is 2. The van der Waals surface area contributed by atoms with E-state index in [1.165, 1.54) is 12.3 Å². The van der Waals surface area contributed by atoms with Crippen LogP contribution in [-0.2, 0) is 16.9 Å². The highest BCUT2D eigenvalue weighted by Crippen LogP contribution is 2.30. The van der Waals surface area contributed by atoms with E-state index >= 15 is 0 Å². The lowest BCUT2D eigenvalue weighted by molar-refractivity contribution is -0.132. The van der Waals surface area contributed by atoms with Crippen LogP contribution in [0, 0.1) is 12.7 Å². The van der Waals surface area contributed by atoms with Gasteiger partial charge in [-0.15, -0.1) is 0 Å². The summed E-state index contributed by atoms with van der Waals surface area (Å²) in [6, 6.07) is 7.21. The van der Waals surface area contributed by atoms with Gasteiger partial charge >= 0.3 is 6.03 Å². The standard InChI is InChI=1S/C18H15FN4O4/c1-10-5-6-11(8-12(10)19)15-20-14(27-22-15)9-23-16(24)18(2,21-17(23)25)13-4-3-7-26-13/h3-8H,9H2,1-2H3,(H,21,25). The monoisotopic (exact) mass is 370 g/mol. The number of halogens is 1. The normalized spacial score (nSPS) is 19.6. The molecule has 138 valence electrons. The van der Waals surface area contributed by atoms with Crippen molar-refractivity contribution >= 4 is 11.9 Å². The highest BCUT2D eigenvalue weighted by atomic mass is 19.1. The summed E-state index contributed by atoms with van der Waals surface area (Å²) in [5.41, 5.74) is -0.367. The number of nitrogens with zero attached hydrogens (tertiary/aromatic N) is 3. The molecule has 1 N–H and O–H groups in total. The van der Waals surface area contributed by atoms with Crippen LogP contribution in [0.3, 0.4) is 0 Å². The van der Waals surface area contributed by atoms with Gasteiger partial charge in [-0.3, -0.25) is 9.69 Å². The Kier molecular flexibility index (Phi) is 3.79. The largest absolute Gasteiger partial charge is 0.466 e. The van der Waals surface area contributed by atoms with Gasteiger partial charge in [-0.25, -0.2) is 9.18 Å². The molecular formula is C18H15FN4O4. The lowest BCUT2D eigenvalue weighted by Crippen LogP contribution is -2.40. The second-order valence-electron chi connectivity index (χ2n) is 6.40. The number of rotatable bonds is 4. The van der Waals surface area contributed by atoms with Crippen molar-refractivity contribution in [2.75, 3.05) is 0 Å². The molecule has 0 saturated carbocycles. The van der Waals surface area contributed by atoms with Crippen LogP contribution in [0.2, 0.25) is 0 Å². The molecule has 1 aliphatic rings. The third kappa shape index (κ3) is 2.77. The van der Waals surface area contributed by atoms with Crippen molar-refractivity contribution in [3.63, 3.8) is 0 Å². The summed E-state index contributed by atoms with van der Waals surface area (Å²) in [5, 5.41) is 6.40. The summed E-state index contributed by atoms with van der Waals surface area (Å²) >= 11 is 0. The highest BCUT2D eigenvalue weighted by molar-refractivity contribution is 6.06. The van der Waals surface area contributed by atoms with Gasteiger partial charge in [-0.05, 0) is 37.6 Å². The molecule has 3 heterocycles. The zero-order valence-electron chi connectivity index (χ0n) is 14.5. The van der Waals surface area contributed by atoms with Crippen molar-refractivity contribution < 1.29 is 22.9 Å². The minimum atomic E-state index is -1.30. The first-order chi connectivity index (χ1) is 12.9. The minimum Gasteiger partial charge on any atom is -0.466 e. The molecule has 1 saturated heterocycles. The van der Waals surface area contributed by atoms with E-state index in [4.69, 9.17) is 8.94 Å². The maximum atomic E-state index is 13.7. The number of aryl methyl sites for hydroxylation is 1. The zero-order valence-corrected chi connectivity index (χ0v) is 14.5. The number of benzene rings is 1. The van der Waals surface area contributed by atoms with E-state index in [0.29, 0.717) is 16.9 Å². The van der Waals surface area contributed by atoms with Crippen LogP contribution in [0.4, 0.5) is 9.18 Å². The quantitative estimate of drug-likeness (QED) is 0.709. The fraction of sp³-hybridized carbons (Fsp3) is 0.222. The summed E-state index contributed by atoms with van der Waals surface area (Å²) in [6.07, 6.45) is 1.42. The molecule has 1 unspecified atom stereocenters.